The number of hydrogen-bond donors (Lipinski definition) is 1. The summed E-state index contributed by atoms with van der Waals surface area (Å²) < 4.78 is 48.0. The summed E-state index contributed by atoms with van der Waals surface area (Å²) in [6.07, 6.45) is -0.495. The fourth-order valence-corrected chi connectivity index (χ4v) is 5.03. The highest BCUT2D eigenvalue weighted by molar-refractivity contribution is 7.92. The van der Waals surface area contributed by atoms with E-state index in [1.54, 1.807) is 0 Å². The molecule has 0 aromatic carbocycles. The molecule has 1 N–H and O–H groups in total. The zero-order valence-corrected chi connectivity index (χ0v) is 11.9. The first-order chi connectivity index (χ1) is 8.06. The van der Waals surface area contributed by atoms with E-state index in [4.69, 9.17) is 5.11 Å². The van der Waals surface area contributed by atoms with Gasteiger partial charge in [0.1, 0.15) is 0 Å². The molecule has 7 nitrogen and oxygen atoms in total. The minimum absolute atomic E-state index is 0.166. The van der Waals surface area contributed by atoms with Gasteiger partial charge in [-0.1, -0.05) is 0 Å². The van der Waals surface area contributed by atoms with Crippen molar-refractivity contribution in [3.05, 3.63) is 0 Å². The molecule has 0 aliphatic carbocycles. The number of carboxylic acid groups (broad SMARTS) is 1. The van der Waals surface area contributed by atoms with Crippen molar-refractivity contribution in [3.63, 3.8) is 0 Å². The van der Waals surface area contributed by atoms with Crippen molar-refractivity contribution in [1.29, 1.82) is 0 Å². The highest BCUT2D eigenvalue weighted by atomic mass is 32.2. The molecule has 1 aliphatic heterocycles. The van der Waals surface area contributed by atoms with E-state index in [2.05, 4.69) is 0 Å². The zero-order chi connectivity index (χ0) is 14.1. The van der Waals surface area contributed by atoms with Crippen LogP contribution in [-0.4, -0.2) is 61.6 Å². The summed E-state index contributed by atoms with van der Waals surface area (Å²) in [6.45, 7) is 2.80. The summed E-state index contributed by atoms with van der Waals surface area (Å²) in [5, 5.41) is 8.04. The fraction of sp³-hybridized carbons (Fsp3) is 0.889. The van der Waals surface area contributed by atoms with Crippen molar-refractivity contribution in [3.8, 4) is 0 Å². The molecule has 0 radical (unpaired) electrons. The maximum atomic E-state index is 12.0. The number of aliphatic carboxylic acids is 1. The second kappa shape index (κ2) is 5.14. The zero-order valence-electron chi connectivity index (χ0n) is 10.2. The third kappa shape index (κ3) is 3.42. The molecule has 1 heterocycles. The van der Waals surface area contributed by atoms with Gasteiger partial charge >= 0.3 is 5.97 Å². The lowest BCUT2D eigenvalue weighted by atomic mass is 10.2. The summed E-state index contributed by atoms with van der Waals surface area (Å²) in [7, 11) is -7.01. The molecule has 0 saturated carbocycles. The number of sulfonamides is 1. The molecule has 1 unspecified atom stereocenters. The van der Waals surface area contributed by atoms with Crippen LogP contribution in [0.4, 0.5) is 0 Å². The van der Waals surface area contributed by atoms with Crippen LogP contribution < -0.4 is 0 Å². The third-order valence-electron chi connectivity index (χ3n) is 2.81. The summed E-state index contributed by atoms with van der Waals surface area (Å²) >= 11 is 0. The van der Waals surface area contributed by atoms with Gasteiger partial charge in [-0.05, 0) is 13.8 Å². The number of sulfone groups is 1. The Labute approximate surface area is 107 Å². The number of carbonyl (C=O) groups is 1. The Kier molecular flexibility index (Phi) is 4.39. The molecular weight excluding hydrogens is 282 g/mol. The molecule has 1 rings (SSSR count). The first kappa shape index (κ1) is 15.4. The Balaban J connectivity index is 3.06. The Hall–Kier alpha value is -0.670. The van der Waals surface area contributed by atoms with Gasteiger partial charge in [0.25, 0.3) is 0 Å². The van der Waals surface area contributed by atoms with E-state index in [-0.39, 0.29) is 12.3 Å². The normalized spacial score (nSPS) is 25.2. The van der Waals surface area contributed by atoms with Gasteiger partial charge in [0.15, 0.2) is 9.84 Å². The molecule has 0 spiro atoms. The Morgan fingerprint density at radius 3 is 2.44 bits per heavy atom. The highest BCUT2D eigenvalue weighted by Crippen LogP contribution is 2.21. The van der Waals surface area contributed by atoms with Gasteiger partial charge in [0.2, 0.25) is 10.0 Å². The van der Waals surface area contributed by atoms with Gasteiger partial charge in [0.05, 0.1) is 23.2 Å². The molecule has 0 aromatic heterocycles. The lowest BCUT2D eigenvalue weighted by Crippen LogP contribution is -2.53. The predicted molar refractivity (Wildman–Crippen MR) is 65.5 cm³/mol. The van der Waals surface area contributed by atoms with E-state index >= 15 is 0 Å². The average molecular weight is 299 g/mol. The summed E-state index contributed by atoms with van der Waals surface area (Å²) in [5.41, 5.74) is 0. The standard InChI is InChI=1S/C9H17NO6S2/c1-7(2)18(15,16)10-3-4-17(13,14)6-8(10)5-9(11)12/h7-8H,3-6H2,1-2H3,(H,11,12). The molecular formula is C9H17NO6S2. The SMILES string of the molecule is CC(C)S(=O)(=O)N1CCS(=O)(=O)CC1CC(=O)O. The number of carboxylic acids is 1. The van der Waals surface area contributed by atoms with Crippen LogP contribution in [-0.2, 0) is 24.7 Å². The van der Waals surface area contributed by atoms with E-state index in [1.165, 1.54) is 13.8 Å². The molecule has 0 amide bonds. The van der Waals surface area contributed by atoms with Gasteiger partial charge in [0, 0.05) is 12.6 Å². The molecule has 1 fully saturated rings. The number of nitrogens with zero attached hydrogens (tertiary/aromatic N) is 1. The minimum atomic E-state index is -3.64. The van der Waals surface area contributed by atoms with E-state index in [9.17, 15) is 21.6 Å². The van der Waals surface area contributed by atoms with Crippen LogP contribution >= 0.6 is 0 Å². The van der Waals surface area contributed by atoms with Crippen LogP contribution in [0.1, 0.15) is 20.3 Å². The van der Waals surface area contributed by atoms with Crippen LogP contribution in [0.3, 0.4) is 0 Å². The quantitative estimate of drug-likeness (QED) is 0.735. The van der Waals surface area contributed by atoms with E-state index < -0.39 is 49.3 Å². The molecule has 9 heteroatoms. The second-order valence-corrected chi connectivity index (χ2v) is 9.24. The molecule has 18 heavy (non-hydrogen) atoms. The minimum Gasteiger partial charge on any atom is -0.481 e. The van der Waals surface area contributed by atoms with Crippen LogP contribution in [0, 0.1) is 0 Å². The van der Waals surface area contributed by atoms with Gasteiger partial charge < -0.3 is 5.11 Å². The number of rotatable bonds is 4. The van der Waals surface area contributed by atoms with Crippen LogP contribution in [0.15, 0.2) is 0 Å². The van der Waals surface area contributed by atoms with Crippen LogP contribution in [0.5, 0.6) is 0 Å². The topological polar surface area (TPSA) is 109 Å². The monoisotopic (exact) mass is 299 g/mol. The van der Waals surface area contributed by atoms with Crippen LogP contribution in [0.2, 0.25) is 0 Å². The molecule has 1 aliphatic rings. The molecule has 1 saturated heterocycles. The maximum Gasteiger partial charge on any atom is 0.305 e. The first-order valence-corrected chi connectivity index (χ1v) is 8.81. The van der Waals surface area contributed by atoms with E-state index in [0.29, 0.717) is 0 Å². The third-order valence-corrected chi connectivity index (χ3v) is 6.83. The van der Waals surface area contributed by atoms with E-state index in [1.807, 2.05) is 0 Å². The molecule has 0 aromatic rings. The van der Waals surface area contributed by atoms with Crippen molar-refractivity contribution in [2.45, 2.75) is 31.6 Å². The Bertz CT molecular complexity index is 521. The predicted octanol–water partition coefficient (Wildman–Crippen LogP) is -0.702. The van der Waals surface area contributed by atoms with Crippen molar-refractivity contribution in [2.75, 3.05) is 18.1 Å². The van der Waals surface area contributed by atoms with Crippen molar-refractivity contribution in [2.24, 2.45) is 0 Å². The fourth-order valence-electron chi connectivity index (χ4n) is 1.84. The van der Waals surface area contributed by atoms with E-state index in [0.717, 1.165) is 4.31 Å². The van der Waals surface area contributed by atoms with Gasteiger partial charge in [-0.25, -0.2) is 16.8 Å². The van der Waals surface area contributed by atoms with Crippen LogP contribution in [0.25, 0.3) is 0 Å². The molecule has 0 bridgehead atoms. The van der Waals surface area contributed by atoms with Gasteiger partial charge in [-0.2, -0.15) is 4.31 Å². The Morgan fingerprint density at radius 1 is 1.44 bits per heavy atom. The van der Waals surface area contributed by atoms with Crippen molar-refractivity contribution in [1.82, 2.24) is 4.31 Å². The largest absolute Gasteiger partial charge is 0.481 e. The summed E-state index contributed by atoms with van der Waals surface area (Å²) in [4.78, 5) is 10.7. The first-order valence-electron chi connectivity index (χ1n) is 5.49. The maximum absolute atomic E-state index is 12.0. The molecule has 1 atom stereocenters. The Morgan fingerprint density at radius 2 is 2.00 bits per heavy atom. The summed E-state index contributed by atoms with van der Waals surface area (Å²) in [5.74, 6) is -1.89. The average Bonchev–Trinajstić information content (AvgIpc) is 2.14. The number of hydrogen-bond acceptors (Lipinski definition) is 5. The van der Waals surface area contributed by atoms with Crippen molar-refractivity contribution >= 4 is 25.8 Å². The lowest BCUT2D eigenvalue weighted by Gasteiger charge is -2.34. The summed E-state index contributed by atoms with van der Waals surface area (Å²) in [6, 6.07) is -1.01. The van der Waals surface area contributed by atoms with Crippen molar-refractivity contribution < 1.29 is 26.7 Å². The molecule has 106 valence electrons. The smallest absolute Gasteiger partial charge is 0.305 e. The lowest BCUT2D eigenvalue weighted by molar-refractivity contribution is -0.137. The van der Waals surface area contributed by atoms with Gasteiger partial charge in [-0.3, -0.25) is 4.79 Å². The second-order valence-electron chi connectivity index (χ2n) is 4.57. The van der Waals surface area contributed by atoms with Gasteiger partial charge in [-0.15, -0.1) is 0 Å². The highest BCUT2D eigenvalue weighted by Gasteiger charge is 2.40.